The number of amides is 4. The third kappa shape index (κ3) is 4.85. The topological polar surface area (TPSA) is 73.0 Å². The average Bonchev–Trinajstić information content (AvgIpc) is 2.85. The van der Waals surface area contributed by atoms with Crippen LogP contribution in [-0.4, -0.2) is 78.4 Å². The Balaban J connectivity index is 1.82. The van der Waals surface area contributed by atoms with Crippen LogP contribution < -0.4 is 5.32 Å². The Morgan fingerprint density at radius 3 is 2.17 bits per heavy atom. The third-order valence-electron chi connectivity index (χ3n) is 4.91. The summed E-state index contributed by atoms with van der Waals surface area (Å²) in [6.07, 6.45) is 3.23. The van der Waals surface area contributed by atoms with E-state index in [9.17, 15) is 14.4 Å². The lowest BCUT2D eigenvalue weighted by Gasteiger charge is -2.33. The molecule has 1 N–H and O–H groups in total. The summed E-state index contributed by atoms with van der Waals surface area (Å²) < 4.78 is 0. The molecule has 0 bridgehead atoms. The van der Waals surface area contributed by atoms with Gasteiger partial charge >= 0.3 is 6.03 Å². The van der Waals surface area contributed by atoms with Gasteiger partial charge in [0.15, 0.2) is 0 Å². The van der Waals surface area contributed by atoms with Crippen LogP contribution in [-0.2, 0) is 9.59 Å². The summed E-state index contributed by atoms with van der Waals surface area (Å²) in [4.78, 5) is 41.7. The molecule has 2 fully saturated rings. The number of likely N-dealkylation sites (tertiary alicyclic amines) is 1. The Morgan fingerprint density at radius 2 is 1.54 bits per heavy atom. The van der Waals surface area contributed by atoms with E-state index in [4.69, 9.17) is 0 Å². The zero-order valence-electron chi connectivity index (χ0n) is 14.9. The predicted octanol–water partition coefficient (Wildman–Crippen LogP) is 0.899. The van der Waals surface area contributed by atoms with Crippen molar-refractivity contribution in [2.75, 3.05) is 45.8 Å². The third-order valence-corrected chi connectivity index (χ3v) is 4.91. The second-order valence-corrected chi connectivity index (χ2v) is 6.68. The normalized spacial score (nSPS) is 19.8. The monoisotopic (exact) mass is 338 g/mol. The maximum absolute atomic E-state index is 12.7. The number of piperidine rings is 1. The van der Waals surface area contributed by atoms with Crippen molar-refractivity contribution in [2.45, 2.75) is 39.5 Å². The summed E-state index contributed by atoms with van der Waals surface area (Å²) in [6, 6.07) is -0.0269. The molecule has 4 amide bonds. The van der Waals surface area contributed by atoms with Crippen LogP contribution in [0, 0.1) is 5.92 Å². The van der Waals surface area contributed by atoms with E-state index >= 15 is 0 Å². The molecule has 7 nitrogen and oxygen atoms in total. The molecule has 7 heteroatoms. The van der Waals surface area contributed by atoms with Gasteiger partial charge in [0.1, 0.15) is 0 Å². The molecule has 0 aliphatic carbocycles. The Labute approximate surface area is 144 Å². The van der Waals surface area contributed by atoms with E-state index in [1.165, 1.54) is 0 Å². The van der Waals surface area contributed by atoms with Crippen molar-refractivity contribution in [2.24, 2.45) is 5.92 Å². The fourth-order valence-corrected chi connectivity index (χ4v) is 3.38. The number of hydrogen-bond donors (Lipinski definition) is 1. The first kappa shape index (κ1) is 18.5. The molecule has 0 aromatic rings. The standard InChI is InChI=1S/C17H30N4O3/c1-3-7-18-17(24)21-9-4-8-20(12-13-21)16(23)15-5-10-19(11-6-15)14(2)22/h15H,3-13H2,1-2H3,(H,18,24). The number of carbonyl (C=O) groups excluding carboxylic acids is 3. The second-order valence-electron chi connectivity index (χ2n) is 6.68. The number of urea groups is 1. The molecule has 2 aliphatic heterocycles. The van der Waals surface area contributed by atoms with Crippen LogP contribution in [0.15, 0.2) is 0 Å². The predicted molar refractivity (Wildman–Crippen MR) is 91.4 cm³/mol. The lowest BCUT2D eigenvalue weighted by atomic mass is 9.95. The Hall–Kier alpha value is -1.79. The molecule has 24 heavy (non-hydrogen) atoms. The molecule has 2 heterocycles. The molecule has 2 rings (SSSR count). The summed E-state index contributed by atoms with van der Waals surface area (Å²) in [5.41, 5.74) is 0. The SMILES string of the molecule is CCCNC(=O)N1CCCN(C(=O)C2CCN(C(C)=O)CC2)CC1. The molecule has 0 unspecified atom stereocenters. The molecule has 0 atom stereocenters. The molecule has 0 aromatic carbocycles. The minimum Gasteiger partial charge on any atom is -0.343 e. The lowest BCUT2D eigenvalue weighted by Crippen LogP contribution is -2.45. The summed E-state index contributed by atoms with van der Waals surface area (Å²) in [7, 11) is 0. The van der Waals surface area contributed by atoms with E-state index in [0.29, 0.717) is 45.8 Å². The zero-order valence-corrected chi connectivity index (χ0v) is 14.9. The van der Waals surface area contributed by atoms with Crippen LogP contribution in [0.1, 0.15) is 39.5 Å². The summed E-state index contributed by atoms with van der Waals surface area (Å²) in [5.74, 6) is 0.291. The number of hydrogen-bond acceptors (Lipinski definition) is 3. The smallest absolute Gasteiger partial charge is 0.317 e. The lowest BCUT2D eigenvalue weighted by molar-refractivity contribution is -0.140. The molecule has 0 aromatic heterocycles. The molecule has 0 radical (unpaired) electrons. The van der Waals surface area contributed by atoms with Gasteiger partial charge in [-0.15, -0.1) is 0 Å². The van der Waals surface area contributed by atoms with Gasteiger partial charge in [-0.05, 0) is 25.7 Å². The highest BCUT2D eigenvalue weighted by atomic mass is 16.2. The molecular weight excluding hydrogens is 308 g/mol. The van der Waals surface area contributed by atoms with Crippen molar-refractivity contribution < 1.29 is 14.4 Å². The first-order valence-electron chi connectivity index (χ1n) is 9.10. The maximum atomic E-state index is 12.7. The van der Waals surface area contributed by atoms with Crippen LogP contribution in [0.25, 0.3) is 0 Å². The Bertz CT molecular complexity index is 461. The minimum absolute atomic E-state index is 0.0149. The fourth-order valence-electron chi connectivity index (χ4n) is 3.38. The van der Waals surface area contributed by atoms with Crippen molar-refractivity contribution in [3.8, 4) is 0 Å². The molecule has 136 valence electrons. The first-order chi connectivity index (χ1) is 11.5. The van der Waals surface area contributed by atoms with Crippen molar-refractivity contribution in [3.63, 3.8) is 0 Å². The summed E-state index contributed by atoms with van der Waals surface area (Å²) in [6.45, 7) is 8.24. The van der Waals surface area contributed by atoms with Crippen molar-refractivity contribution in [1.82, 2.24) is 20.0 Å². The summed E-state index contributed by atoms with van der Waals surface area (Å²) >= 11 is 0. The first-order valence-corrected chi connectivity index (χ1v) is 9.10. The van der Waals surface area contributed by atoms with Gasteiger partial charge in [-0.25, -0.2) is 4.79 Å². The van der Waals surface area contributed by atoms with Gasteiger partial charge in [-0.2, -0.15) is 0 Å². The zero-order chi connectivity index (χ0) is 17.5. The molecular formula is C17H30N4O3. The molecule has 0 saturated carbocycles. The highest BCUT2D eigenvalue weighted by Crippen LogP contribution is 2.20. The summed E-state index contributed by atoms with van der Waals surface area (Å²) in [5, 5.41) is 2.90. The van der Waals surface area contributed by atoms with Crippen LogP contribution in [0.2, 0.25) is 0 Å². The van der Waals surface area contributed by atoms with E-state index in [1.54, 1.807) is 11.8 Å². The highest BCUT2D eigenvalue weighted by molar-refractivity contribution is 5.80. The van der Waals surface area contributed by atoms with Crippen LogP contribution in [0.4, 0.5) is 4.79 Å². The van der Waals surface area contributed by atoms with Gasteiger partial charge in [0.05, 0.1) is 0 Å². The average molecular weight is 338 g/mol. The van der Waals surface area contributed by atoms with Crippen LogP contribution in [0.3, 0.4) is 0 Å². The van der Waals surface area contributed by atoms with Gasteiger partial charge in [0.25, 0.3) is 0 Å². The number of rotatable bonds is 3. The quantitative estimate of drug-likeness (QED) is 0.831. The van der Waals surface area contributed by atoms with Gasteiger partial charge in [-0.3, -0.25) is 9.59 Å². The molecule has 0 spiro atoms. The highest BCUT2D eigenvalue weighted by Gasteiger charge is 2.30. The Morgan fingerprint density at radius 1 is 0.917 bits per heavy atom. The van der Waals surface area contributed by atoms with E-state index < -0.39 is 0 Å². The van der Waals surface area contributed by atoms with Gasteiger partial charge in [-0.1, -0.05) is 6.92 Å². The van der Waals surface area contributed by atoms with Crippen molar-refractivity contribution in [3.05, 3.63) is 0 Å². The fraction of sp³-hybridized carbons (Fsp3) is 0.824. The largest absolute Gasteiger partial charge is 0.343 e. The molecule has 2 aliphatic rings. The van der Waals surface area contributed by atoms with Gasteiger partial charge < -0.3 is 20.0 Å². The van der Waals surface area contributed by atoms with E-state index in [1.807, 2.05) is 16.7 Å². The van der Waals surface area contributed by atoms with Gasteiger partial charge in [0.2, 0.25) is 11.8 Å². The van der Waals surface area contributed by atoms with E-state index in [-0.39, 0.29) is 23.8 Å². The number of nitrogens with zero attached hydrogens (tertiary/aromatic N) is 3. The van der Waals surface area contributed by atoms with Gasteiger partial charge in [0, 0.05) is 58.7 Å². The minimum atomic E-state index is -0.0269. The van der Waals surface area contributed by atoms with Crippen LogP contribution >= 0.6 is 0 Å². The van der Waals surface area contributed by atoms with E-state index in [2.05, 4.69) is 5.32 Å². The maximum Gasteiger partial charge on any atom is 0.317 e. The molecule has 2 saturated heterocycles. The van der Waals surface area contributed by atoms with Crippen molar-refractivity contribution >= 4 is 17.8 Å². The number of nitrogens with one attached hydrogen (secondary N) is 1. The van der Waals surface area contributed by atoms with E-state index in [0.717, 1.165) is 25.7 Å². The van der Waals surface area contributed by atoms with Crippen LogP contribution in [0.5, 0.6) is 0 Å². The second kappa shape index (κ2) is 8.89. The number of carbonyl (C=O) groups is 3. The Kier molecular flexibility index (Phi) is 6.87. The van der Waals surface area contributed by atoms with Crippen molar-refractivity contribution in [1.29, 1.82) is 0 Å².